The van der Waals surface area contributed by atoms with Gasteiger partial charge in [0.15, 0.2) is 0 Å². The first kappa shape index (κ1) is 16.8. The molecule has 108 valence electrons. The van der Waals surface area contributed by atoms with Crippen molar-refractivity contribution in [3.63, 3.8) is 0 Å². The number of thioether (sulfide) groups is 1. The standard InChI is InChI=1S/C15H24ClNOS/c1-11(2)9-17-10-13-14(16)5-4-6-15(13)19-12(3)7-8-18/h4-6,11-12,17-18H,7-10H2,1-3H3. The maximum absolute atomic E-state index is 8.99. The zero-order valence-corrected chi connectivity index (χ0v) is 13.5. The van der Waals surface area contributed by atoms with Crippen LogP contribution in [-0.4, -0.2) is 23.5 Å². The smallest absolute Gasteiger partial charge is 0.0462 e. The van der Waals surface area contributed by atoms with Crippen LogP contribution in [0.2, 0.25) is 5.02 Å². The summed E-state index contributed by atoms with van der Waals surface area (Å²) in [5.74, 6) is 0.631. The number of halogens is 1. The Morgan fingerprint density at radius 1 is 1.32 bits per heavy atom. The van der Waals surface area contributed by atoms with E-state index in [2.05, 4.69) is 32.2 Å². The van der Waals surface area contributed by atoms with E-state index >= 15 is 0 Å². The fourth-order valence-corrected chi connectivity index (χ4v) is 3.20. The molecule has 1 unspecified atom stereocenters. The van der Waals surface area contributed by atoms with Crippen molar-refractivity contribution in [3.8, 4) is 0 Å². The molecule has 0 fully saturated rings. The van der Waals surface area contributed by atoms with E-state index < -0.39 is 0 Å². The number of hydrogen-bond donors (Lipinski definition) is 2. The topological polar surface area (TPSA) is 32.3 Å². The van der Waals surface area contributed by atoms with E-state index in [9.17, 15) is 0 Å². The molecule has 0 bridgehead atoms. The second kappa shape index (κ2) is 8.85. The number of rotatable bonds is 8. The van der Waals surface area contributed by atoms with Crippen LogP contribution in [-0.2, 0) is 6.54 Å². The largest absolute Gasteiger partial charge is 0.396 e. The van der Waals surface area contributed by atoms with Gasteiger partial charge in [0.05, 0.1) is 0 Å². The fraction of sp³-hybridized carbons (Fsp3) is 0.600. The third-order valence-corrected chi connectivity index (χ3v) is 4.42. The molecule has 1 atom stereocenters. The summed E-state index contributed by atoms with van der Waals surface area (Å²) in [7, 11) is 0. The van der Waals surface area contributed by atoms with Crippen molar-refractivity contribution in [1.82, 2.24) is 5.32 Å². The van der Waals surface area contributed by atoms with Crippen LogP contribution >= 0.6 is 23.4 Å². The van der Waals surface area contributed by atoms with Gasteiger partial charge >= 0.3 is 0 Å². The van der Waals surface area contributed by atoms with Crippen LogP contribution in [0.5, 0.6) is 0 Å². The van der Waals surface area contributed by atoms with Gasteiger partial charge in [0.1, 0.15) is 0 Å². The summed E-state index contributed by atoms with van der Waals surface area (Å²) in [6.07, 6.45) is 0.802. The zero-order valence-electron chi connectivity index (χ0n) is 11.9. The molecule has 0 saturated heterocycles. The molecule has 0 aliphatic heterocycles. The molecule has 2 N–H and O–H groups in total. The molecule has 19 heavy (non-hydrogen) atoms. The summed E-state index contributed by atoms with van der Waals surface area (Å²) < 4.78 is 0. The highest BCUT2D eigenvalue weighted by molar-refractivity contribution is 8.00. The molecular weight excluding hydrogens is 278 g/mol. The minimum atomic E-state index is 0.232. The molecule has 0 heterocycles. The molecular formula is C15H24ClNOS. The van der Waals surface area contributed by atoms with E-state index in [0.717, 1.165) is 24.5 Å². The van der Waals surface area contributed by atoms with Gasteiger partial charge in [-0.3, -0.25) is 0 Å². The Morgan fingerprint density at radius 2 is 2.05 bits per heavy atom. The molecule has 0 aliphatic carbocycles. The Balaban J connectivity index is 2.71. The van der Waals surface area contributed by atoms with Gasteiger partial charge in [0.2, 0.25) is 0 Å². The third kappa shape index (κ3) is 6.17. The van der Waals surface area contributed by atoms with Crippen molar-refractivity contribution in [3.05, 3.63) is 28.8 Å². The predicted octanol–water partition coefficient (Wildman–Crippen LogP) is 3.95. The van der Waals surface area contributed by atoms with Gasteiger partial charge in [-0.1, -0.05) is 38.4 Å². The monoisotopic (exact) mass is 301 g/mol. The number of hydrogen-bond acceptors (Lipinski definition) is 3. The van der Waals surface area contributed by atoms with Crippen LogP contribution in [0, 0.1) is 5.92 Å². The van der Waals surface area contributed by atoms with Crippen LogP contribution in [0.4, 0.5) is 0 Å². The quantitative estimate of drug-likeness (QED) is 0.713. The van der Waals surface area contributed by atoms with Crippen LogP contribution in [0.15, 0.2) is 23.1 Å². The predicted molar refractivity (Wildman–Crippen MR) is 85.0 cm³/mol. The second-order valence-corrected chi connectivity index (χ2v) is 7.07. The number of benzene rings is 1. The van der Waals surface area contributed by atoms with E-state index in [1.165, 1.54) is 10.5 Å². The fourth-order valence-electron chi connectivity index (χ4n) is 1.76. The van der Waals surface area contributed by atoms with E-state index in [4.69, 9.17) is 16.7 Å². The van der Waals surface area contributed by atoms with Crippen molar-refractivity contribution >= 4 is 23.4 Å². The van der Waals surface area contributed by atoms with Crippen molar-refractivity contribution in [2.45, 2.75) is 43.9 Å². The zero-order chi connectivity index (χ0) is 14.3. The molecule has 1 aromatic carbocycles. The number of aliphatic hydroxyl groups is 1. The van der Waals surface area contributed by atoms with Gasteiger partial charge in [0, 0.05) is 28.3 Å². The first-order valence-electron chi connectivity index (χ1n) is 6.80. The summed E-state index contributed by atoms with van der Waals surface area (Å²) >= 11 is 8.09. The van der Waals surface area contributed by atoms with Gasteiger partial charge in [-0.2, -0.15) is 0 Å². The Kier molecular flexibility index (Phi) is 7.84. The number of aliphatic hydroxyl groups excluding tert-OH is 1. The summed E-state index contributed by atoms with van der Waals surface area (Å²) in [6, 6.07) is 6.04. The summed E-state index contributed by atoms with van der Waals surface area (Å²) in [5.41, 5.74) is 1.17. The highest BCUT2D eigenvalue weighted by Crippen LogP contribution is 2.32. The van der Waals surface area contributed by atoms with Gasteiger partial charge in [-0.25, -0.2) is 0 Å². The van der Waals surface area contributed by atoms with Crippen LogP contribution < -0.4 is 5.32 Å². The van der Waals surface area contributed by atoms with E-state index in [1.54, 1.807) is 11.8 Å². The van der Waals surface area contributed by atoms with Crippen molar-refractivity contribution in [2.24, 2.45) is 5.92 Å². The lowest BCUT2D eigenvalue weighted by atomic mass is 10.2. The van der Waals surface area contributed by atoms with E-state index in [1.807, 2.05) is 12.1 Å². The van der Waals surface area contributed by atoms with Crippen LogP contribution in [0.25, 0.3) is 0 Å². The molecule has 0 amide bonds. The molecule has 0 saturated carbocycles. The molecule has 0 spiro atoms. The second-order valence-electron chi connectivity index (χ2n) is 5.18. The SMILES string of the molecule is CC(C)CNCc1c(Cl)cccc1SC(C)CCO. The minimum Gasteiger partial charge on any atom is -0.396 e. The maximum atomic E-state index is 8.99. The van der Waals surface area contributed by atoms with Gasteiger partial charge in [-0.05, 0) is 36.6 Å². The lowest BCUT2D eigenvalue weighted by Crippen LogP contribution is -2.19. The van der Waals surface area contributed by atoms with Crippen molar-refractivity contribution < 1.29 is 5.11 Å². The van der Waals surface area contributed by atoms with Gasteiger partial charge in [-0.15, -0.1) is 11.8 Å². The number of nitrogens with one attached hydrogen (secondary N) is 1. The third-order valence-electron chi connectivity index (χ3n) is 2.79. The maximum Gasteiger partial charge on any atom is 0.0462 e. The summed E-state index contributed by atoms with van der Waals surface area (Å²) in [6.45, 7) is 8.54. The Hall–Kier alpha value is -0.220. The normalized spacial score (nSPS) is 12.9. The van der Waals surface area contributed by atoms with E-state index in [-0.39, 0.29) is 6.61 Å². The minimum absolute atomic E-state index is 0.232. The van der Waals surface area contributed by atoms with Crippen molar-refractivity contribution in [1.29, 1.82) is 0 Å². The molecule has 2 nitrogen and oxygen atoms in total. The average molecular weight is 302 g/mol. The molecule has 4 heteroatoms. The molecule has 1 rings (SSSR count). The first-order valence-corrected chi connectivity index (χ1v) is 8.06. The lowest BCUT2D eigenvalue weighted by molar-refractivity contribution is 0.289. The van der Waals surface area contributed by atoms with Gasteiger partial charge < -0.3 is 10.4 Å². The summed E-state index contributed by atoms with van der Waals surface area (Å²) in [4.78, 5) is 1.21. The van der Waals surface area contributed by atoms with Crippen LogP contribution in [0.1, 0.15) is 32.8 Å². The molecule has 1 aromatic rings. The Morgan fingerprint density at radius 3 is 2.68 bits per heavy atom. The first-order chi connectivity index (χ1) is 9.04. The van der Waals surface area contributed by atoms with Crippen molar-refractivity contribution in [2.75, 3.05) is 13.2 Å². The summed E-state index contributed by atoms with van der Waals surface area (Å²) in [5, 5.41) is 13.6. The Bertz CT molecular complexity index is 384. The highest BCUT2D eigenvalue weighted by atomic mass is 35.5. The van der Waals surface area contributed by atoms with Crippen LogP contribution in [0.3, 0.4) is 0 Å². The van der Waals surface area contributed by atoms with Gasteiger partial charge in [0.25, 0.3) is 0 Å². The van der Waals surface area contributed by atoms with E-state index in [0.29, 0.717) is 11.2 Å². The molecule has 0 radical (unpaired) electrons. The molecule has 0 aromatic heterocycles. The molecule has 0 aliphatic rings. The average Bonchev–Trinajstić information content (AvgIpc) is 2.32. The lowest BCUT2D eigenvalue weighted by Gasteiger charge is -2.16. The highest BCUT2D eigenvalue weighted by Gasteiger charge is 2.11. The Labute approximate surface area is 125 Å².